The Bertz CT molecular complexity index is 1110. The Morgan fingerprint density at radius 2 is 1.82 bits per heavy atom. The molecule has 0 N–H and O–H groups in total. The molecule has 3 aromatic rings. The summed E-state index contributed by atoms with van der Waals surface area (Å²) in [5.74, 6) is 0.430. The Morgan fingerprint density at radius 1 is 1.04 bits per heavy atom. The van der Waals surface area contributed by atoms with E-state index in [2.05, 4.69) is 6.07 Å². The van der Waals surface area contributed by atoms with Crippen molar-refractivity contribution < 1.29 is 23.4 Å². The molecule has 4 rings (SSSR count). The second kappa shape index (κ2) is 7.38. The molecule has 0 saturated heterocycles. The predicted molar refractivity (Wildman–Crippen MR) is 103 cm³/mol. The van der Waals surface area contributed by atoms with Gasteiger partial charge >= 0.3 is 11.6 Å². The van der Waals surface area contributed by atoms with Gasteiger partial charge in [-0.05, 0) is 60.7 Å². The van der Waals surface area contributed by atoms with Crippen molar-refractivity contribution in [2.75, 3.05) is 14.2 Å². The summed E-state index contributed by atoms with van der Waals surface area (Å²) in [6.07, 6.45) is 3.17. The zero-order valence-electron chi connectivity index (χ0n) is 15.7. The number of aryl methyl sites for hydroxylation is 2. The van der Waals surface area contributed by atoms with E-state index in [0.717, 1.165) is 30.2 Å². The number of carbonyl (C=O) groups is 1. The van der Waals surface area contributed by atoms with Gasteiger partial charge in [0, 0.05) is 17.0 Å². The first-order chi connectivity index (χ1) is 13.6. The molecule has 0 atom stereocenters. The summed E-state index contributed by atoms with van der Waals surface area (Å²) in [7, 11) is 2.82. The zero-order chi connectivity index (χ0) is 19.7. The first-order valence-electron chi connectivity index (χ1n) is 9.06. The van der Waals surface area contributed by atoms with E-state index < -0.39 is 11.6 Å². The molecule has 0 fully saturated rings. The third-order valence-electron chi connectivity index (χ3n) is 5.01. The predicted octanol–water partition coefficient (Wildman–Crippen LogP) is 3.66. The smallest absolute Gasteiger partial charge is 0.337 e. The first kappa shape index (κ1) is 18.1. The average Bonchev–Trinajstić information content (AvgIpc) is 3.17. The standard InChI is InChI=1S/C22H20O6/c1-25-20-10-15(22(24)26-2)6-7-18(20)27-12-16-11-21(23)28-19-9-14-5-3-4-13(14)8-17(16)19/h6-11H,3-5,12H2,1-2H3. The third kappa shape index (κ3) is 3.33. The van der Waals surface area contributed by atoms with E-state index in [1.54, 1.807) is 18.2 Å². The lowest BCUT2D eigenvalue weighted by molar-refractivity contribution is 0.0600. The van der Waals surface area contributed by atoms with Crippen LogP contribution in [0.5, 0.6) is 11.5 Å². The lowest BCUT2D eigenvalue weighted by Crippen LogP contribution is -2.06. The maximum atomic E-state index is 12.0. The molecule has 1 aliphatic carbocycles. The topological polar surface area (TPSA) is 75.0 Å². The van der Waals surface area contributed by atoms with Gasteiger partial charge in [0.2, 0.25) is 0 Å². The molecule has 1 aromatic heterocycles. The van der Waals surface area contributed by atoms with Crippen LogP contribution < -0.4 is 15.1 Å². The molecule has 28 heavy (non-hydrogen) atoms. The van der Waals surface area contributed by atoms with Crippen LogP contribution in [0.3, 0.4) is 0 Å². The van der Waals surface area contributed by atoms with E-state index in [1.807, 2.05) is 6.07 Å². The van der Waals surface area contributed by atoms with Crippen LogP contribution in [-0.2, 0) is 24.2 Å². The van der Waals surface area contributed by atoms with Crippen molar-refractivity contribution in [1.29, 1.82) is 0 Å². The second-order valence-corrected chi connectivity index (χ2v) is 6.71. The van der Waals surface area contributed by atoms with Crippen molar-refractivity contribution in [2.24, 2.45) is 0 Å². The summed E-state index contributed by atoms with van der Waals surface area (Å²) in [6.45, 7) is 0.175. The largest absolute Gasteiger partial charge is 0.493 e. The Hall–Kier alpha value is -3.28. The molecule has 2 aromatic carbocycles. The number of hydrogen-bond acceptors (Lipinski definition) is 6. The minimum Gasteiger partial charge on any atom is -0.493 e. The van der Waals surface area contributed by atoms with Crippen molar-refractivity contribution in [2.45, 2.75) is 25.9 Å². The number of ether oxygens (including phenoxy) is 3. The van der Waals surface area contributed by atoms with Crippen LogP contribution in [0.25, 0.3) is 11.0 Å². The van der Waals surface area contributed by atoms with Crippen LogP contribution in [0.15, 0.2) is 45.6 Å². The van der Waals surface area contributed by atoms with Crippen LogP contribution in [0.2, 0.25) is 0 Å². The SMILES string of the molecule is COC(=O)c1ccc(OCc2cc(=O)oc3cc4c(cc23)CCC4)c(OC)c1. The van der Waals surface area contributed by atoms with E-state index >= 15 is 0 Å². The van der Waals surface area contributed by atoms with Crippen LogP contribution in [0, 0.1) is 0 Å². The summed E-state index contributed by atoms with van der Waals surface area (Å²) in [6, 6.07) is 10.3. The van der Waals surface area contributed by atoms with Crippen molar-refractivity contribution in [1.82, 2.24) is 0 Å². The van der Waals surface area contributed by atoms with Gasteiger partial charge < -0.3 is 18.6 Å². The van der Waals surface area contributed by atoms with E-state index in [9.17, 15) is 9.59 Å². The highest BCUT2D eigenvalue weighted by molar-refractivity contribution is 5.90. The molecule has 1 aliphatic rings. The molecular weight excluding hydrogens is 360 g/mol. The van der Waals surface area contributed by atoms with E-state index in [4.69, 9.17) is 18.6 Å². The number of benzene rings is 2. The van der Waals surface area contributed by atoms with Gasteiger partial charge in [-0.25, -0.2) is 9.59 Å². The van der Waals surface area contributed by atoms with Gasteiger partial charge in [0.25, 0.3) is 0 Å². The quantitative estimate of drug-likeness (QED) is 0.497. The Balaban J connectivity index is 1.66. The maximum Gasteiger partial charge on any atom is 0.337 e. The van der Waals surface area contributed by atoms with Gasteiger partial charge in [-0.1, -0.05) is 0 Å². The molecule has 0 radical (unpaired) electrons. The van der Waals surface area contributed by atoms with Gasteiger partial charge in [0.15, 0.2) is 11.5 Å². The number of rotatable bonds is 5. The third-order valence-corrected chi connectivity index (χ3v) is 5.01. The fraction of sp³-hybridized carbons (Fsp3) is 0.273. The summed E-state index contributed by atoms with van der Waals surface area (Å²) in [4.78, 5) is 23.7. The number of carbonyl (C=O) groups excluding carboxylic acids is 1. The van der Waals surface area contributed by atoms with Gasteiger partial charge in [-0.3, -0.25) is 0 Å². The lowest BCUT2D eigenvalue weighted by atomic mass is 10.0. The number of hydrogen-bond donors (Lipinski definition) is 0. The monoisotopic (exact) mass is 380 g/mol. The Kier molecular flexibility index (Phi) is 4.77. The van der Waals surface area contributed by atoms with Crippen molar-refractivity contribution >= 4 is 16.9 Å². The van der Waals surface area contributed by atoms with Gasteiger partial charge in [-0.2, -0.15) is 0 Å². The molecule has 0 spiro atoms. The van der Waals surface area contributed by atoms with Gasteiger partial charge in [0.05, 0.1) is 19.8 Å². The molecule has 0 amide bonds. The highest BCUT2D eigenvalue weighted by Gasteiger charge is 2.16. The van der Waals surface area contributed by atoms with Crippen molar-refractivity contribution in [3.05, 3.63) is 69.1 Å². The number of esters is 1. The normalized spacial score (nSPS) is 12.6. The fourth-order valence-corrected chi connectivity index (χ4v) is 3.60. The first-order valence-corrected chi connectivity index (χ1v) is 9.06. The van der Waals surface area contributed by atoms with Gasteiger partial charge in [-0.15, -0.1) is 0 Å². The Labute approximate surface area is 161 Å². The molecule has 1 heterocycles. The number of methoxy groups -OCH3 is 2. The minimum atomic E-state index is -0.453. The lowest BCUT2D eigenvalue weighted by Gasteiger charge is -2.13. The van der Waals surface area contributed by atoms with Crippen LogP contribution in [-0.4, -0.2) is 20.2 Å². The molecule has 6 heteroatoms. The highest BCUT2D eigenvalue weighted by Crippen LogP contribution is 2.31. The molecule has 0 bridgehead atoms. The molecule has 0 saturated carbocycles. The molecule has 0 aliphatic heterocycles. The summed E-state index contributed by atoms with van der Waals surface area (Å²) >= 11 is 0. The number of fused-ring (bicyclic) bond motifs is 2. The fourth-order valence-electron chi connectivity index (χ4n) is 3.60. The maximum absolute atomic E-state index is 12.0. The highest BCUT2D eigenvalue weighted by atomic mass is 16.5. The molecule has 0 unspecified atom stereocenters. The van der Waals surface area contributed by atoms with E-state index in [1.165, 1.54) is 31.4 Å². The Morgan fingerprint density at radius 3 is 2.57 bits per heavy atom. The second-order valence-electron chi connectivity index (χ2n) is 6.71. The zero-order valence-corrected chi connectivity index (χ0v) is 15.7. The minimum absolute atomic E-state index is 0.175. The van der Waals surface area contributed by atoms with Crippen LogP contribution in [0.1, 0.15) is 33.5 Å². The van der Waals surface area contributed by atoms with Crippen molar-refractivity contribution in [3.63, 3.8) is 0 Å². The van der Waals surface area contributed by atoms with Crippen LogP contribution >= 0.6 is 0 Å². The summed E-state index contributed by atoms with van der Waals surface area (Å²) in [5, 5.41) is 0.880. The van der Waals surface area contributed by atoms with Crippen LogP contribution in [0.4, 0.5) is 0 Å². The molecule has 144 valence electrons. The molecule has 6 nitrogen and oxygen atoms in total. The summed E-state index contributed by atoms with van der Waals surface area (Å²) < 4.78 is 21.3. The van der Waals surface area contributed by atoms with Gasteiger partial charge in [0.1, 0.15) is 12.2 Å². The van der Waals surface area contributed by atoms with E-state index in [-0.39, 0.29) is 6.61 Å². The van der Waals surface area contributed by atoms with E-state index in [0.29, 0.717) is 22.6 Å². The summed E-state index contributed by atoms with van der Waals surface area (Å²) in [5.41, 5.74) is 3.83. The average molecular weight is 380 g/mol. The molecular formula is C22H20O6. The van der Waals surface area contributed by atoms with Crippen molar-refractivity contribution in [3.8, 4) is 11.5 Å².